The van der Waals surface area contributed by atoms with Gasteiger partial charge in [-0.25, -0.2) is 0 Å². The maximum atomic E-state index is 11.3. The lowest BCUT2D eigenvalue weighted by molar-refractivity contribution is -0.144. The first kappa shape index (κ1) is 11.2. The molecule has 0 saturated heterocycles. The van der Waals surface area contributed by atoms with Gasteiger partial charge in [-0.15, -0.1) is 0 Å². The van der Waals surface area contributed by atoms with Crippen molar-refractivity contribution in [2.24, 2.45) is 5.92 Å². The van der Waals surface area contributed by atoms with Crippen LogP contribution in [0.25, 0.3) is 0 Å². The first-order chi connectivity index (χ1) is 4.99. The van der Waals surface area contributed by atoms with E-state index in [0.29, 0.717) is 5.92 Å². The van der Waals surface area contributed by atoms with E-state index in [1.54, 1.807) is 0 Å². The highest BCUT2D eigenvalue weighted by molar-refractivity contribution is 14.1. The minimum absolute atomic E-state index is 0.115. The van der Waals surface area contributed by atoms with Gasteiger partial charge in [-0.05, 0) is 12.3 Å². The Bertz CT molecular complexity index is 145. The summed E-state index contributed by atoms with van der Waals surface area (Å²) >= 11 is 2.18. The van der Waals surface area contributed by atoms with Crippen LogP contribution in [0.3, 0.4) is 0 Å². The monoisotopic (exact) mass is 270 g/mol. The zero-order valence-corrected chi connectivity index (χ0v) is 9.64. The number of alkyl halides is 1. The maximum Gasteiger partial charge on any atom is 0.322 e. The summed E-state index contributed by atoms with van der Waals surface area (Å²) in [4.78, 5) is 11.3. The second kappa shape index (κ2) is 4.28. The first-order valence-electron chi connectivity index (χ1n) is 3.76. The van der Waals surface area contributed by atoms with Crippen molar-refractivity contribution in [3.05, 3.63) is 0 Å². The van der Waals surface area contributed by atoms with E-state index in [2.05, 4.69) is 22.6 Å². The van der Waals surface area contributed by atoms with Crippen LogP contribution in [0.1, 0.15) is 27.2 Å². The van der Waals surface area contributed by atoms with Crippen LogP contribution < -0.4 is 0 Å². The summed E-state index contributed by atoms with van der Waals surface area (Å²) in [6, 6.07) is 0. The third-order valence-corrected chi connectivity index (χ3v) is 4.40. The highest BCUT2D eigenvalue weighted by Crippen LogP contribution is 2.32. The Morgan fingerprint density at radius 2 is 2.09 bits per heavy atom. The van der Waals surface area contributed by atoms with Crippen LogP contribution in [0.5, 0.6) is 0 Å². The Hall–Kier alpha value is 0.200. The smallest absolute Gasteiger partial charge is 0.322 e. The molecule has 0 aliphatic rings. The van der Waals surface area contributed by atoms with Gasteiger partial charge in [0.15, 0.2) is 0 Å². The lowest BCUT2D eigenvalue weighted by Gasteiger charge is -2.26. The third-order valence-electron chi connectivity index (χ3n) is 1.95. The molecule has 0 heterocycles. The Morgan fingerprint density at radius 1 is 1.64 bits per heavy atom. The number of hydrogen-bond acceptors (Lipinski definition) is 2. The number of carbonyl (C=O) groups excluding carboxylic acids is 1. The summed E-state index contributed by atoms with van der Waals surface area (Å²) in [7, 11) is 1.44. The second-order valence-electron chi connectivity index (χ2n) is 2.86. The van der Waals surface area contributed by atoms with E-state index in [4.69, 9.17) is 4.74 Å². The van der Waals surface area contributed by atoms with E-state index in [1.807, 2.05) is 20.8 Å². The van der Waals surface area contributed by atoms with E-state index in [9.17, 15) is 4.79 Å². The third kappa shape index (κ3) is 2.32. The normalized spacial score (nSPS) is 16.2. The number of carbonyl (C=O) groups is 1. The molecule has 0 spiro atoms. The molecule has 0 aromatic carbocycles. The molecule has 1 unspecified atom stereocenters. The van der Waals surface area contributed by atoms with Crippen molar-refractivity contribution < 1.29 is 9.53 Å². The Labute approximate surface area is 81.8 Å². The van der Waals surface area contributed by atoms with E-state index >= 15 is 0 Å². The second-order valence-corrected chi connectivity index (χ2v) is 4.79. The van der Waals surface area contributed by atoms with Crippen molar-refractivity contribution in [3.63, 3.8) is 0 Å². The number of rotatable bonds is 3. The molecule has 2 nitrogen and oxygen atoms in total. The number of methoxy groups -OCH3 is 1. The molecular formula is C8H15IO2. The van der Waals surface area contributed by atoms with Crippen molar-refractivity contribution in [2.45, 2.75) is 30.6 Å². The molecule has 66 valence electrons. The fourth-order valence-electron chi connectivity index (χ4n) is 0.958. The summed E-state index contributed by atoms with van der Waals surface area (Å²) in [6.45, 7) is 6.07. The summed E-state index contributed by atoms with van der Waals surface area (Å²) < 4.78 is 4.38. The van der Waals surface area contributed by atoms with E-state index in [0.717, 1.165) is 6.42 Å². The van der Waals surface area contributed by atoms with Crippen molar-refractivity contribution in [1.82, 2.24) is 0 Å². The molecule has 0 aromatic heterocycles. The quantitative estimate of drug-likeness (QED) is 0.447. The van der Waals surface area contributed by atoms with E-state index < -0.39 is 0 Å². The highest BCUT2D eigenvalue weighted by Gasteiger charge is 2.37. The molecule has 11 heavy (non-hydrogen) atoms. The van der Waals surface area contributed by atoms with Gasteiger partial charge < -0.3 is 4.74 Å². The summed E-state index contributed by atoms with van der Waals surface area (Å²) in [5, 5.41) is 0. The molecule has 0 amide bonds. The predicted octanol–water partition coefficient (Wildman–Crippen LogP) is 2.40. The Balaban J connectivity index is 4.45. The number of ether oxygens (including phenoxy) is 1. The van der Waals surface area contributed by atoms with Gasteiger partial charge in [0.05, 0.1) is 7.11 Å². The van der Waals surface area contributed by atoms with Crippen molar-refractivity contribution >= 4 is 28.6 Å². The highest BCUT2D eigenvalue weighted by atomic mass is 127. The summed E-state index contributed by atoms with van der Waals surface area (Å²) in [5.74, 6) is 0.205. The van der Waals surface area contributed by atoms with E-state index in [-0.39, 0.29) is 9.39 Å². The van der Waals surface area contributed by atoms with Gasteiger partial charge in [0.1, 0.15) is 3.42 Å². The topological polar surface area (TPSA) is 26.3 Å². The van der Waals surface area contributed by atoms with Gasteiger partial charge in [-0.1, -0.05) is 43.4 Å². The lowest BCUT2D eigenvalue weighted by Crippen LogP contribution is -2.37. The molecule has 1 atom stereocenters. The van der Waals surface area contributed by atoms with E-state index in [1.165, 1.54) is 7.11 Å². The average molecular weight is 270 g/mol. The fourth-order valence-corrected chi connectivity index (χ4v) is 1.18. The molecule has 0 saturated carbocycles. The Morgan fingerprint density at radius 3 is 2.18 bits per heavy atom. The molecule has 0 fully saturated rings. The van der Waals surface area contributed by atoms with Gasteiger partial charge in [0, 0.05) is 0 Å². The standard InChI is InChI=1S/C8H15IO2/c1-5-8(9,6(2)3)7(10)11-4/h6H,5H2,1-4H3. The largest absolute Gasteiger partial charge is 0.468 e. The van der Waals surface area contributed by atoms with Crippen LogP contribution in [0.2, 0.25) is 0 Å². The fraction of sp³-hybridized carbons (Fsp3) is 0.875. The van der Waals surface area contributed by atoms with Gasteiger partial charge in [0.2, 0.25) is 0 Å². The van der Waals surface area contributed by atoms with Crippen LogP contribution in [-0.2, 0) is 9.53 Å². The number of halogens is 1. The zero-order chi connectivity index (χ0) is 9.07. The van der Waals surface area contributed by atoms with Crippen molar-refractivity contribution in [1.29, 1.82) is 0 Å². The van der Waals surface area contributed by atoms with Crippen LogP contribution in [0.15, 0.2) is 0 Å². The molecule has 3 heteroatoms. The lowest BCUT2D eigenvalue weighted by atomic mass is 9.93. The molecule has 0 rings (SSSR count). The maximum absolute atomic E-state index is 11.3. The molecule has 0 aromatic rings. The molecule has 0 bridgehead atoms. The zero-order valence-electron chi connectivity index (χ0n) is 7.48. The first-order valence-corrected chi connectivity index (χ1v) is 4.84. The van der Waals surface area contributed by atoms with Gasteiger partial charge >= 0.3 is 5.97 Å². The number of esters is 1. The van der Waals surface area contributed by atoms with Crippen molar-refractivity contribution in [3.8, 4) is 0 Å². The molecule has 0 radical (unpaired) electrons. The molecular weight excluding hydrogens is 255 g/mol. The SMILES string of the molecule is CCC(I)(C(=O)OC)C(C)C. The minimum atomic E-state index is -0.341. The minimum Gasteiger partial charge on any atom is -0.468 e. The van der Waals surface area contributed by atoms with Gasteiger partial charge in [-0.3, -0.25) is 4.79 Å². The van der Waals surface area contributed by atoms with Crippen molar-refractivity contribution in [2.75, 3.05) is 7.11 Å². The van der Waals surface area contributed by atoms with Crippen LogP contribution >= 0.6 is 22.6 Å². The Kier molecular flexibility index (Phi) is 4.36. The van der Waals surface area contributed by atoms with Gasteiger partial charge in [0.25, 0.3) is 0 Å². The molecule has 0 aliphatic carbocycles. The summed E-state index contributed by atoms with van der Waals surface area (Å²) in [6.07, 6.45) is 0.817. The molecule has 0 aliphatic heterocycles. The predicted molar refractivity (Wildman–Crippen MR) is 53.9 cm³/mol. The van der Waals surface area contributed by atoms with Crippen LogP contribution in [0, 0.1) is 5.92 Å². The van der Waals surface area contributed by atoms with Crippen LogP contribution in [0.4, 0.5) is 0 Å². The van der Waals surface area contributed by atoms with Gasteiger partial charge in [-0.2, -0.15) is 0 Å². The van der Waals surface area contributed by atoms with Crippen LogP contribution in [-0.4, -0.2) is 16.5 Å². The summed E-state index contributed by atoms with van der Waals surface area (Å²) in [5.41, 5.74) is 0. The average Bonchev–Trinajstić information content (AvgIpc) is 2.01. The number of hydrogen-bond donors (Lipinski definition) is 0. The molecule has 0 N–H and O–H groups in total.